The fraction of sp³-hybridized carbons (Fsp3) is 0.364. The Morgan fingerprint density at radius 3 is 2.19 bits per heavy atom. The van der Waals surface area contributed by atoms with Gasteiger partial charge in [0.2, 0.25) is 10.0 Å². The van der Waals surface area contributed by atoms with E-state index in [4.69, 9.17) is 9.47 Å². The molecule has 168 valence electrons. The van der Waals surface area contributed by atoms with Crippen LogP contribution in [0.3, 0.4) is 0 Å². The molecular formula is C22H28N2O6S. The number of nitrogens with zero attached hydrogens (tertiary/aromatic N) is 1. The normalized spacial score (nSPS) is 11.3. The van der Waals surface area contributed by atoms with Crippen molar-refractivity contribution in [2.75, 3.05) is 32.1 Å². The van der Waals surface area contributed by atoms with Gasteiger partial charge in [0, 0.05) is 24.3 Å². The number of carbonyl (C=O) groups is 2. The molecule has 2 rings (SSSR count). The van der Waals surface area contributed by atoms with Crippen LogP contribution in [0.4, 0.5) is 5.69 Å². The Bertz CT molecular complexity index is 1010. The second-order valence-corrected chi connectivity index (χ2v) is 8.49. The molecule has 0 radical (unpaired) electrons. The van der Waals surface area contributed by atoms with E-state index in [-0.39, 0.29) is 28.6 Å². The molecule has 0 saturated heterocycles. The lowest BCUT2D eigenvalue weighted by molar-refractivity contribution is -0.142. The van der Waals surface area contributed by atoms with E-state index in [1.165, 1.54) is 29.6 Å². The minimum Gasteiger partial charge on any atom is -0.495 e. The van der Waals surface area contributed by atoms with E-state index < -0.39 is 15.9 Å². The monoisotopic (exact) mass is 448 g/mol. The number of rotatable bonds is 10. The third-order valence-electron chi connectivity index (χ3n) is 4.61. The fourth-order valence-corrected chi connectivity index (χ4v) is 4.65. The summed E-state index contributed by atoms with van der Waals surface area (Å²) < 4.78 is 37.3. The molecule has 0 aliphatic carbocycles. The molecule has 1 amide bonds. The van der Waals surface area contributed by atoms with Crippen molar-refractivity contribution < 1.29 is 27.5 Å². The number of carbonyl (C=O) groups excluding carboxylic acids is 2. The number of esters is 1. The highest BCUT2D eigenvalue weighted by Gasteiger charge is 2.26. The van der Waals surface area contributed by atoms with E-state index in [0.717, 1.165) is 5.56 Å². The first-order valence-corrected chi connectivity index (χ1v) is 11.4. The van der Waals surface area contributed by atoms with Crippen molar-refractivity contribution >= 4 is 27.6 Å². The van der Waals surface area contributed by atoms with Crippen molar-refractivity contribution in [3.63, 3.8) is 0 Å². The first kappa shape index (κ1) is 24.4. The minimum atomic E-state index is -3.81. The number of ether oxygens (including phenoxy) is 2. The summed E-state index contributed by atoms with van der Waals surface area (Å²) in [5.41, 5.74) is 1.46. The van der Waals surface area contributed by atoms with E-state index >= 15 is 0 Å². The SMILES string of the molecule is CCOC(=O)Cc1ccc(NC(=O)c2ccc(OC)c(S(=O)(=O)N(CC)CC)c2)cc1. The average Bonchev–Trinajstić information content (AvgIpc) is 2.75. The molecule has 0 atom stereocenters. The van der Waals surface area contributed by atoms with Gasteiger partial charge < -0.3 is 14.8 Å². The molecular weight excluding hydrogens is 420 g/mol. The highest BCUT2D eigenvalue weighted by atomic mass is 32.2. The van der Waals surface area contributed by atoms with E-state index in [0.29, 0.717) is 25.4 Å². The number of nitrogens with one attached hydrogen (secondary N) is 1. The van der Waals surface area contributed by atoms with Crippen LogP contribution in [-0.4, -0.2) is 51.4 Å². The van der Waals surface area contributed by atoms with Gasteiger partial charge in [0.05, 0.1) is 20.1 Å². The Hall–Kier alpha value is -2.91. The van der Waals surface area contributed by atoms with E-state index in [9.17, 15) is 18.0 Å². The van der Waals surface area contributed by atoms with Gasteiger partial charge >= 0.3 is 5.97 Å². The van der Waals surface area contributed by atoms with Gasteiger partial charge in [-0.15, -0.1) is 0 Å². The van der Waals surface area contributed by atoms with E-state index in [1.54, 1.807) is 45.0 Å². The predicted octanol–water partition coefficient (Wildman–Crippen LogP) is 3.08. The topological polar surface area (TPSA) is 102 Å². The Morgan fingerprint density at radius 2 is 1.65 bits per heavy atom. The summed E-state index contributed by atoms with van der Waals surface area (Å²) in [5, 5.41) is 2.73. The van der Waals surface area contributed by atoms with Gasteiger partial charge in [-0.05, 0) is 42.8 Å². The third kappa shape index (κ3) is 6.05. The number of hydrogen-bond donors (Lipinski definition) is 1. The molecule has 0 aliphatic heterocycles. The Kier molecular flexibility index (Phi) is 8.58. The van der Waals surface area contributed by atoms with Crippen molar-refractivity contribution in [1.82, 2.24) is 4.31 Å². The third-order valence-corrected chi connectivity index (χ3v) is 6.69. The molecule has 0 bridgehead atoms. The molecule has 8 nitrogen and oxygen atoms in total. The molecule has 1 N–H and O–H groups in total. The number of sulfonamides is 1. The van der Waals surface area contributed by atoms with Crippen LogP contribution in [0.15, 0.2) is 47.4 Å². The maximum Gasteiger partial charge on any atom is 0.310 e. The van der Waals surface area contributed by atoms with Gasteiger partial charge in [0.25, 0.3) is 5.91 Å². The van der Waals surface area contributed by atoms with Crippen molar-refractivity contribution in [3.8, 4) is 5.75 Å². The van der Waals surface area contributed by atoms with E-state index in [1.807, 2.05) is 0 Å². The minimum absolute atomic E-state index is 0.0591. The van der Waals surface area contributed by atoms with Crippen LogP contribution < -0.4 is 10.1 Å². The standard InChI is InChI=1S/C22H28N2O6S/c1-5-24(6-2)31(27,28)20-15-17(10-13-19(20)29-4)22(26)23-18-11-8-16(9-12-18)14-21(25)30-7-3/h8-13,15H,5-7,14H2,1-4H3,(H,23,26). The molecule has 0 unspecified atom stereocenters. The summed E-state index contributed by atoms with van der Waals surface area (Å²) in [6.45, 7) is 6.16. The maximum atomic E-state index is 13.0. The lowest BCUT2D eigenvalue weighted by Crippen LogP contribution is -2.31. The summed E-state index contributed by atoms with van der Waals surface area (Å²) in [4.78, 5) is 24.2. The molecule has 31 heavy (non-hydrogen) atoms. The Balaban J connectivity index is 2.23. The van der Waals surface area contributed by atoms with Gasteiger partial charge in [0.1, 0.15) is 10.6 Å². The van der Waals surface area contributed by atoms with Crippen LogP contribution in [0, 0.1) is 0 Å². The zero-order chi connectivity index (χ0) is 23.0. The molecule has 2 aromatic carbocycles. The lowest BCUT2D eigenvalue weighted by atomic mass is 10.1. The second-order valence-electron chi connectivity index (χ2n) is 6.59. The predicted molar refractivity (Wildman–Crippen MR) is 118 cm³/mol. The second kappa shape index (κ2) is 10.9. The van der Waals surface area contributed by atoms with Gasteiger partial charge in [0.15, 0.2) is 0 Å². The van der Waals surface area contributed by atoms with E-state index in [2.05, 4.69) is 5.32 Å². The molecule has 0 saturated carbocycles. The van der Waals surface area contributed by atoms with Crippen LogP contribution in [0.5, 0.6) is 5.75 Å². The molecule has 0 spiro atoms. The molecule has 0 aromatic heterocycles. The first-order valence-electron chi connectivity index (χ1n) is 10.0. The largest absolute Gasteiger partial charge is 0.495 e. The molecule has 9 heteroatoms. The van der Waals surface area contributed by atoms with Crippen molar-refractivity contribution in [3.05, 3.63) is 53.6 Å². The van der Waals surface area contributed by atoms with Crippen molar-refractivity contribution in [2.45, 2.75) is 32.1 Å². The lowest BCUT2D eigenvalue weighted by Gasteiger charge is -2.20. The number of benzene rings is 2. The fourth-order valence-electron chi connectivity index (χ4n) is 3.01. The summed E-state index contributed by atoms with van der Waals surface area (Å²) >= 11 is 0. The zero-order valence-electron chi connectivity index (χ0n) is 18.2. The average molecular weight is 449 g/mol. The zero-order valence-corrected chi connectivity index (χ0v) is 19.0. The molecule has 0 fully saturated rings. The van der Waals surface area contributed by atoms with Crippen LogP contribution in [0.2, 0.25) is 0 Å². The summed E-state index contributed by atoms with van der Waals surface area (Å²) in [5.74, 6) is -0.608. The molecule has 0 heterocycles. The maximum absolute atomic E-state index is 13.0. The Morgan fingerprint density at radius 1 is 1.00 bits per heavy atom. The number of hydrogen-bond acceptors (Lipinski definition) is 6. The van der Waals surface area contributed by atoms with Crippen molar-refractivity contribution in [2.24, 2.45) is 0 Å². The quantitative estimate of drug-likeness (QED) is 0.561. The smallest absolute Gasteiger partial charge is 0.310 e. The molecule has 2 aromatic rings. The number of methoxy groups -OCH3 is 1. The van der Waals surface area contributed by atoms with Crippen LogP contribution in [0.1, 0.15) is 36.7 Å². The Labute approximate surface area is 183 Å². The number of anilines is 1. The van der Waals surface area contributed by atoms with Gasteiger partial charge in [-0.1, -0.05) is 26.0 Å². The van der Waals surface area contributed by atoms with Crippen molar-refractivity contribution in [1.29, 1.82) is 0 Å². The van der Waals surface area contributed by atoms with Crippen LogP contribution >= 0.6 is 0 Å². The first-order chi connectivity index (χ1) is 14.8. The summed E-state index contributed by atoms with van der Waals surface area (Å²) in [6.07, 6.45) is 0.146. The highest BCUT2D eigenvalue weighted by molar-refractivity contribution is 7.89. The molecule has 0 aliphatic rings. The summed E-state index contributed by atoms with van der Waals surface area (Å²) in [6, 6.07) is 11.1. The number of amides is 1. The highest BCUT2D eigenvalue weighted by Crippen LogP contribution is 2.28. The van der Waals surface area contributed by atoms with Gasteiger partial charge in [-0.2, -0.15) is 4.31 Å². The van der Waals surface area contributed by atoms with Crippen LogP contribution in [-0.2, 0) is 26.0 Å². The van der Waals surface area contributed by atoms with Gasteiger partial charge in [-0.25, -0.2) is 8.42 Å². The summed E-state index contributed by atoms with van der Waals surface area (Å²) in [7, 11) is -2.43. The van der Waals surface area contributed by atoms with Gasteiger partial charge in [-0.3, -0.25) is 9.59 Å². The van der Waals surface area contributed by atoms with Crippen LogP contribution in [0.25, 0.3) is 0 Å².